The SMILES string of the molecule is CCCc1nn(C)c2c1nc(C(C)Cl)n2C(C)CC. The summed E-state index contributed by atoms with van der Waals surface area (Å²) >= 11 is 6.31. The molecule has 0 amide bonds. The third-order valence-electron chi connectivity index (χ3n) is 3.64. The van der Waals surface area contributed by atoms with Crippen LogP contribution in [-0.4, -0.2) is 19.3 Å². The fourth-order valence-electron chi connectivity index (χ4n) is 2.52. The number of nitrogens with zero attached hydrogens (tertiary/aromatic N) is 4. The minimum Gasteiger partial charge on any atom is -0.309 e. The normalized spacial score (nSPS) is 15.1. The fourth-order valence-corrected chi connectivity index (χ4v) is 2.68. The highest BCUT2D eigenvalue weighted by molar-refractivity contribution is 6.20. The number of aryl methyl sites for hydroxylation is 2. The number of hydrogen-bond acceptors (Lipinski definition) is 2. The quantitative estimate of drug-likeness (QED) is 0.777. The lowest BCUT2D eigenvalue weighted by Crippen LogP contribution is -2.11. The Bertz CT molecular complexity index is 568. The first-order valence-electron chi connectivity index (χ1n) is 7.08. The van der Waals surface area contributed by atoms with E-state index in [-0.39, 0.29) is 5.38 Å². The van der Waals surface area contributed by atoms with Crippen molar-refractivity contribution in [3.8, 4) is 0 Å². The van der Waals surface area contributed by atoms with Gasteiger partial charge in [-0.3, -0.25) is 4.68 Å². The molecule has 0 bridgehead atoms. The van der Waals surface area contributed by atoms with E-state index >= 15 is 0 Å². The third kappa shape index (κ3) is 2.38. The van der Waals surface area contributed by atoms with E-state index in [1.165, 1.54) is 0 Å². The lowest BCUT2D eigenvalue weighted by Gasteiger charge is -2.16. The molecule has 0 aliphatic carbocycles. The van der Waals surface area contributed by atoms with E-state index in [1.807, 2.05) is 18.7 Å². The standard InChI is InChI=1S/C14H23ClN4/c1-6-8-11-12-14(18(5)17-11)19(9(3)7-2)13(16-12)10(4)15/h9-10H,6-8H2,1-5H3. The summed E-state index contributed by atoms with van der Waals surface area (Å²) in [4.78, 5) is 4.77. The van der Waals surface area contributed by atoms with Crippen LogP contribution in [0.5, 0.6) is 0 Å². The second kappa shape index (κ2) is 5.53. The summed E-state index contributed by atoms with van der Waals surface area (Å²) in [5.41, 5.74) is 3.20. The molecule has 2 rings (SSSR count). The number of hydrogen-bond donors (Lipinski definition) is 0. The first kappa shape index (κ1) is 14.4. The summed E-state index contributed by atoms with van der Waals surface area (Å²) in [6.07, 6.45) is 3.09. The van der Waals surface area contributed by atoms with Crippen LogP contribution in [0.1, 0.15) is 63.5 Å². The van der Waals surface area contributed by atoms with Crippen LogP contribution >= 0.6 is 11.6 Å². The van der Waals surface area contributed by atoms with Gasteiger partial charge in [0.1, 0.15) is 11.3 Å². The molecule has 4 nitrogen and oxygen atoms in total. The van der Waals surface area contributed by atoms with Gasteiger partial charge < -0.3 is 4.57 Å². The zero-order valence-electron chi connectivity index (χ0n) is 12.4. The van der Waals surface area contributed by atoms with Gasteiger partial charge in [0.2, 0.25) is 0 Å². The Kier molecular flexibility index (Phi) is 4.19. The highest BCUT2D eigenvalue weighted by Gasteiger charge is 2.23. The maximum Gasteiger partial charge on any atom is 0.158 e. The molecule has 0 aromatic carbocycles. The summed E-state index contributed by atoms with van der Waals surface area (Å²) in [5.74, 6) is 0.955. The fraction of sp³-hybridized carbons (Fsp3) is 0.714. The summed E-state index contributed by atoms with van der Waals surface area (Å²) in [6, 6.07) is 0.381. The van der Waals surface area contributed by atoms with Crippen molar-refractivity contribution in [3.05, 3.63) is 11.5 Å². The van der Waals surface area contributed by atoms with Gasteiger partial charge in [-0.2, -0.15) is 5.10 Å². The monoisotopic (exact) mass is 282 g/mol. The number of rotatable bonds is 5. The number of alkyl halides is 1. The van der Waals surface area contributed by atoms with Gasteiger partial charge in [-0.1, -0.05) is 20.3 Å². The zero-order chi connectivity index (χ0) is 14.2. The molecule has 2 heterocycles. The third-order valence-corrected chi connectivity index (χ3v) is 3.83. The van der Waals surface area contributed by atoms with Crippen molar-refractivity contribution < 1.29 is 0 Å². The minimum atomic E-state index is -0.0872. The number of halogens is 1. The maximum atomic E-state index is 6.31. The van der Waals surface area contributed by atoms with Gasteiger partial charge in [-0.25, -0.2) is 4.98 Å². The molecule has 0 fully saturated rings. The van der Waals surface area contributed by atoms with Crippen LogP contribution in [0.2, 0.25) is 0 Å². The van der Waals surface area contributed by atoms with Crippen LogP contribution in [-0.2, 0) is 13.5 Å². The van der Waals surface area contributed by atoms with E-state index in [0.717, 1.165) is 41.9 Å². The second-order valence-electron chi connectivity index (χ2n) is 5.21. The lowest BCUT2D eigenvalue weighted by molar-refractivity contribution is 0.510. The molecule has 0 saturated heterocycles. The van der Waals surface area contributed by atoms with E-state index < -0.39 is 0 Å². The molecule has 5 heteroatoms. The molecule has 0 saturated carbocycles. The Morgan fingerprint density at radius 2 is 1.95 bits per heavy atom. The first-order valence-corrected chi connectivity index (χ1v) is 7.52. The van der Waals surface area contributed by atoms with Gasteiger partial charge >= 0.3 is 0 Å². The van der Waals surface area contributed by atoms with Crippen molar-refractivity contribution in [1.29, 1.82) is 0 Å². The highest BCUT2D eigenvalue weighted by atomic mass is 35.5. The first-order chi connectivity index (χ1) is 9.01. The molecule has 2 atom stereocenters. The van der Waals surface area contributed by atoms with Gasteiger partial charge in [0.05, 0.1) is 11.1 Å². The molecule has 2 aromatic rings. The summed E-state index contributed by atoms with van der Waals surface area (Å²) in [6.45, 7) is 8.53. The van der Waals surface area contributed by atoms with Gasteiger partial charge in [-0.05, 0) is 26.7 Å². The molecule has 2 aromatic heterocycles. The van der Waals surface area contributed by atoms with Crippen molar-refractivity contribution >= 4 is 22.8 Å². The van der Waals surface area contributed by atoms with E-state index in [9.17, 15) is 0 Å². The Labute approximate surface area is 119 Å². The molecule has 106 valence electrons. The molecule has 0 N–H and O–H groups in total. The van der Waals surface area contributed by atoms with E-state index in [0.29, 0.717) is 6.04 Å². The zero-order valence-corrected chi connectivity index (χ0v) is 13.2. The molecule has 0 radical (unpaired) electrons. The topological polar surface area (TPSA) is 35.6 Å². The summed E-state index contributed by atoms with van der Waals surface area (Å²) in [5, 5.41) is 4.52. The Morgan fingerprint density at radius 3 is 2.47 bits per heavy atom. The Balaban J connectivity index is 2.71. The van der Waals surface area contributed by atoms with E-state index in [1.54, 1.807) is 0 Å². The Hall–Kier alpha value is -1.03. The number of fused-ring (bicyclic) bond motifs is 1. The van der Waals surface area contributed by atoms with Crippen molar-refractivity contribution in [3.63, 3.8) is 0 Å². The Morgan fingerprint density at radius 1 is 1.26 bits per heavy atom. The van der Waals surface area contributed by atoms with Crippen LogP contribution in [0.15, 0.2) is 0 Å². The molecular weight excluding hydrogens is 260 g/mol. The number of imidazole rings is 1. The average molecular weight is 283 g/mol. The maximum absolute atomic E-state index is 6.31. The number of aromatic nitrogens is 4. The highest BCUT2D eigenvalue weighted by Crippen LogP contribution is 2.30. The lowest BCUT2D eigenvalue weighted by atomic mass is 10.2. The predicted octanol–water partition coefficient (Wildman–Crippen LogP) is 3.99. The minimum absolute atomic E-state index is 0.0872. The van der Waals surface area contributed by atoms with Gasteiger partial charge in [0.25, 0.3) is 0 Å². The van der Waals surface area contributed by atoms with Crippen LogP contribution in [0.4, 0.5) is 0 Å². The van der Waals surface area contributed by atoms with Gasteiger partial charge in [-0.15, -0.1) is 11.6 Å². The molecule has 2 unspecified atom stereocenters. The molecular formula is C14H23ClN4. The molecule has 0 aliphatic heterocycles. The van der Waals surface area contributed by atoms with Crippen LogP contribution in [0.25, 0.3) is 11.2 Å². The molecule has 0 aliphatic rings. The van der Waals surface area contributed by atoms with Crippen molar-refractivity contribution in [1.82, 2.24) is 19.3 Å². The van der Waals surface area contributed by atoms with E-state index in [2.05, 4.69) is 30.4 Å². The van der Waals surface area contributed by atoms with Crippen LogP contribution in [0, 0.1) is 0 Å². The summed E-state index contributed by atoms with van der Waals surface area (Å²) in [7, 11) is 1.99. The summed E-state index contributed by atoms with van der Waals surface area (Å²) < 4.78 is 4.20. The van der Waals surface area contributed by atoms with Crippen molar-refractivity contribution in [2.45, 2.75) is 58.4 Å². The smallest absolute Gasteiger partial charge is 0.158 e. The second-order valence-corrected chi connectivity index (χ2v) is 5.86. The predicted molar refractivity (Wildman–Crippen MR) is 79.8 cm³/mol. The van der Waals surface area contributed by atoms with Crippen molar-refractivity contribution in [2.75, 3.05) is 0 Å². The van der Waals surface area contributed by atoms with Crippen LogP contribution < -0.4 is 0 Å². The molecule has 0 spiro atoms. The van der Waals surface area contributed by atoms with Crippen molar-refractivity contribution in [2.24, 2.45) is 7.05 Å². The average Bonchev–Trinajstić information content (AvgIpc) is 2.89. The van der Waals surface area contributed by atoms with Gasteiger partial charge in [0.15, 0.2) is 5.65 Å². The van der Waals surface area contributed by atoms with E-state index in [4.69, 9.17) is 16.6 Å². The largest absolute Gasteiger partial charge is 0.309 e. The van der Waals surface area contributed by atoms with Gasteiger partial charge in [0, 0.05) is 13.1 Å². The van der Waals surface area contributed by atoms with Crippen LogP contribution in [0.3, 0.4) is 0 Å². The molecule has 19 heavy (non-hydrogen) atoms.